The number of phosphoric acid groups is 1. The molecule has 1 aromatic rings. The van der Waals surface area contributed by atoms with Crippen LogP contribution in [0.5, 0.6) is 5.75 Å². The van der Waals surface area contributed by atoms with Crippen molar-refractivity contribution in [1.82, 2.24) is 0 Å². The number of aliphatic imine (C=N–C) groups is 4. The Labute approximate surface area is 200 Å². The number of rotatable bonds is 3. The van der Waals surface area contributed by atoms with Crippen LogP contribution in [0.1, 0.15) is 5.56 Å². The Morgan fingerprint density at radius 1 is 0.600 bits per heavy atom. The molecule has 0 amide bonds. The van der Waals surface area contributed by atoms with Crippen molar-refractivity contribution in [2.24, 2.45) is 20.0 Å². The molecule has 0 saturated heterocycles. The summed E-state index contributed by atoms with van der Waals surface area (Å²) in [5, 5.41) is 0. The van der Waals surface area contributed by atoms with Gasteiger partial charge < -0.3 is 4.52 Å². The van der Waals surface area contributed by atoms with Crippen LogP contribution in [-0.2, 0) is 4.57 Å². The quantitative estimate of drug-likeness (QED) is 0.616. The van der Waals surface area contributed by atoms with Crippen LogP contribution in [0.25, 0.3) is 5.57 Å². The van der Waals surface area contributed by atoms with E-state index in [4.69, 9.17) is 14.8 Å². The molecule has 0 aromatic heterocycles. The van der Waals surface area contributed by atoms with Gasteiger partial charge >= 0.3 is 7.82 Å². The van der Waals surface area contributed by atoms with Crippen molar-refractivity contribution < 1.29 is 18.9 Å². The fourth-order valence-electron chi connectivity index (χ4n) is 3.96. The second kappa shape index (κ2) is 8.21. The molecule has 35 heavy (non-hydrogen) atoms. The predicted octanol–water partition coefficient (Wildman–Crippen LogP) is 4.58. The van der Waals surface area contributed by atoms with Crippen molar-refractivity contribution in [2.45, 2.75) is 0 Å². The summed E-state index contributed by atoms with van der Waals surface area (Å²) in [7, 11) is -4.63. The third-order valence-corrected chi connectivity index (χ3v) is 5.88. The monoisotopic (exact) mass is 480 g/mol. The minimum Gasteiger partial charge on any atom is -0.404 e. The molecule has 170 valence electrons. The second-order valence-corrected chi connectivity index (χ2v) is 9.21. The zero-order valence-corrected chi connectivity index (χ0v) is 19.0. The lowest BCUT2D eigenvalue weighted by Gasteiger charge is -2.08. The lowest BCUT2D eigenvalue weighted by atomic mass is 10.0. The lowest BCUT2D eigenvalue weighted by Crippen LogP contribution is -1.92. The van der Waals surface area contributed by atoms with Crippen LogP contribution in [0.4, 0.5) is 0 Å². The van der Waals surface area contributed by atoms with E-state index in [1.165, 1.54) is 12.1 Å². The molecular weight excluding hydrogens is 463 g/mol. The van der Waals surface area contributed by atoms with E-state index in [2.05, 4.69) is 19.5 Å². The molecule has 0 unspecified atom stereocenters. The van der Waals surface area contributed by atoms with Gasteiger partial charge in [0.05, 0.1) is 45.6 Å². The summed E-state index contributed by atoms with van der Waals surface area (Å²) in [6, 6.07) is 6.49. The van der Waals surface area contributed by atoms with Gasteiger partial charge in [0.15, 0.2) is 0 Å². The standard InChI is InChI=1S/C26H17N4O4P/c31-35(32,33)34-24-9-1-16(2-10-24)25-14-23-13-21-6-5-19(28-21)11-17-3-4-18(27-17)12-20-7-8-22(29-20)15-26(25)30-23/h1-15H,(H2,31,32,33). The average molecular weight is 480 g/mol. The minimum atomic E-state index is -4.63. The Bertz CT molecular complexity index is 1580. The molecule has 0 aliphatic carbocycles. The van der Waals surface area contributed by atoms with Gasteiger partial charge in [0.1, 0.15) is 5.75 Å². The number of allylic oxidation sites excluding steroid dienone is 12. The molecule has 0 spiro atoms. The van der Waals surface area contributed by atoms with Gasteiger partial charge in [-0.25, -0.2) is 24.5 Å². The topological polar surface area (TPSA) is 116 Å². The SMILES string of the molecule is O=P(O)(O)Oc1ccc(C2=CC3=NC2=CC2=NC(=CC4=NC(=CC5=NC(=C3)C=C5)C=C4)C=C2)cc1. The highest BCUT2D eigenvalue weighted by atomic mass is 31.2. The van der Waals surface area contributed by atoms with E-state index >= 15 is 0 Å². The number of hydrogen-bond donors (Lipinski definition) is 2. The molecule has 0 radical (unpaired) electrons. The molecule has 6 rings (SSSR count). The van der Waals surface area contributed by atoms with E-state index in [9.17, 15) is 4.57 Å². The van der Waals surface area contributed by atoms with Gasteiger partial charge in [-0.2, -0.15) is 0 Å². The molecule has 8 bridgehead atoms. The predicted molar refractivity (Wildman–Crippen MR) is 137 cm³/mol. The first-order chi connectivity index (χ1) is 16.9. The number of hydrogen-bond acceptors (Lipinski definition) is 6. The van der Waals surface area contributed by atoms with E-state index in [1.807, 2.05) is 66.8 Å². The highest BCUT2D eigenvalue weighted by Gasteiger charge is 2.20. The maximum atomic E-state index is 11.1. The summed E-state index contributed by atoms with van der Waals surface area (Å²) in [5.41, 5.74) is 7.87. The zero-order chi connectivity index (χ0) is 24.0. The van der Waals surface area contributed by atoms with Crippen LogP contribution in [0.3, 0.4) is 0 Å². The number of fused-ring (bicyclic) bond motifs is 4. The van der Waals surface area contributed by atoms with E-state index < -0.39 is 7.82 Å². The van der Waals surface area contributed by atoms with Gasteiger partial charge in [-0.05, 0) is 84.5 Å². The van der Waals surface area contributed by atoms with Gasteiger partial charge in [-0.3, -0.25) is 9.79 Å². The first-order valence-corrected chi connectivity index (χ1v) is 12.2. The molecule has 5 heterocycles. The Morgan fingerprint density at radius 3 is 1.66 bits per heavy atom. The molecule has 0 atom stereocenters. The fraction of sp³-hybridized carbons (Fsp3) is 0. The minimum absolute atomic E-state index is 0.0798. The third kappa shape index (κ3) is 4.72. The summed E-state index contributed by atoms with van der Waals surface area (Å²) in [6.45, 7) is 0. The Balaban J connectivity index is 1.42. The first kappa shape index (κ1) is 21.3. The lowest BCUT2D eigenvalue weighted by molar-refractivity contribution is 0.283. The summed E-state index contributed by atoms with van der Waals surface area (Å²) in [5.74, 6) is 0.0798. The molecule has 9 heteroatoms. The van der Waals surface area contributed by atoms with Crippen molar-refractivity contribution in [3.8, 4) is 5.75 Å². The highest BCUT2D eigenvalue weighted by molar-refractivity contribution is 7.46. The Hall–Kier alpha value is -4.23. The van der Waals surface area contributed by atoms with Crippen LogP contribution in [0.15, 0.2) is 134 Å². The molecule has 2 N–H and O–H groups in total. The molecule has 0 saturated carbocycles. The van der Waals surface area contributed by atoms with Crippen LogP contribution in [-0.4, -0.2) is 32.6 Å². The molecular formula is C26H17N4O4P. The van der Waals surface area contributed by atoms with Gasteiger partial charge in [0.25, 0.3) is 0 Å². The van der Waals surface area contributed by atoms with Gasteiger partial charge in [-0.1, -0.05) is 12.1 Å². The van der Waals surface area contributed by atoms with Gasteiger partial charge in [0, 0.05) is 5.57 Å². The maximum Gasteiger partial charge on any atom is 0.524 e. The Kier molecular flexibility index (Phi) is 5.00. The van der Waals surface area contributed by atoms with Crippen molar-refractivity contribution >= 4 is 36.2 Å². The van der Waals surface area contributed by atoms with Crippen LogP contribution >= 0.6 is 7.82 Å². The van der Waals surface area contributed by atoms with Crippen molar-refractivity contribution in [3.05, 3.63) is 119 Å². The molecule has 5 aliphatic heterocycles. The maximum absolute atomic E-state index is 11.1. The zero-order valence-electron chi connectivity index (χ0n) is 18.1. The number of benzene rings is 1. The van der Waals surface area contributed by atoms with Gasteiger partial charge in [-0.15, -0.1) is 0 Å². The fourth-order valence-corrected chi connectivity index (χ4v) is 4.36. The van der Waals surface area contributed by atoms with Crippen molar-refractivity contribution in [1.29, 1.82) is 0 Å². The van der Waals surface area contributed by atoms with E-state index in [0.29, 0.717) is 5.70 Å². The largest absolute Gasteiger partial charge is 0.524 e. The highest BCUT2D eigenvalue weighted by Crippen LogP contribution is 2.38. The van der Waals surface area contributed by atoms with Crippen molar-refractivity contribution in [2.75, 3.05) is 0 Å². The van der Waals surface area contributed by atoms with Gasteiger partial charge in [0.2, 0.25) is 0 Å². The number of phosphoric ester groups is 1. The molecule has 1 aromatic carbocycles. The average Bonchev–Trinajstić information content (AvgIpc) is 3.58. The summed E-state index contributed by atoms with van der Waals surface area (Å²) in [4.78, 5) is 36.8. The molecule has 8 nitrogen and oxygen atoms in total. The van der Waals surface area contributed by atoms with E-state index in [-0.39, 0.29) is 5.75 Å². The smallest absolute Gasteiger partial charge is 0.404 e. The van der Waals surface area contributed by atoms with E-state index in [0.717, 1.165) is 51.1 Å². The van der Waals surface area contributed by atoms with Crippen LogP contribution < -0.4 is 4.52 Å². The number of nitrogens with zero attached hydrogens (tertiary/aromatic N) is 4. The first-order valence-electron chi connectivity index (χ1n) is 10.7. The summed E-state index contributed by atoms with van der Waals surface area (Å²) < 4.78 is 15.8. The summed E-state index contributed by atoms with van der Waals surface area (Å²) in [6.07, 6.45) is 21.2. The van der Waals surface area contributed by atoms with Crippen LogP contribution in [0.2, 0.25) is 0 Å². The Morgan fingerprint density at radius 2 is 1.11 bits per heavy atom. The van der Waals surface area contributed by atoms with Crippen molar-refractivity contribution in [3.63, 3.8) is 0 Å². The second-order valence-electron chi connectivity index (χ2n) is 8.05. The summed E-state index contributed by atoms with van der Waals surface area (Å²) >= 11 is 0. The molecule has 0 fully saturated rings. The van der Waals surface area contributed by atoms with Crippen LogP contribution in [0, 0.1) is 0 Å². The molecule has 5 aliphatic rings. The third-order valence-electron chi connectivity index (χ3n) is 5.43. The van der Waals surface area contributed by atoms with E-state index in [1.54, 1.807) is 12.1 Å². The normalized spacial score (nSPS) is 19.9.